The quantitative estimate of drug-likeness (QED) is 0.585. The summed E-state index contributed by atoms with van der Waals surface area (Å²) in [5.74, 6) is -0.883. The number of aliphatic imine (C=N–C) groups is 1. The second kappa shape index (κ2) is 8.18. The number of carbonyl (C=O) groups excluding carboxylic acids is 2. The summed E-state index contributed by atoms with van der Waals surface area (Å²) >= 11 is 1.26. The zero-order valence-corrected chi connectivity index (χ0v) is 15.6. The zero-order chi connectivity index (χ0) is 19.4. The minimum atomic E-state index is -0.417. The molecular weight excluding hydrogens is 367 g/mol. The molecule has 5 nitrogen and oxygen atoms in total. The summed E-state index contributed by atoms with van der Waals surface area (Å²) in [4.78, 5) is 30.7. The third-order valence-corrected chi connectivity index (χ3v) is 4.89. The van der Waals surface area contributed by atoms with Gasteiger partial charge in [-0.15, -0.1) is 0 Å². The number of halogens is 1. The second-order valence-electron chi connectivity index (χ2n) is 5.64. The van der Waals surface area contributed by atoms with Crippen LogP contribution in [0.15, 0.2) is 58.4 Å². The molecule has 0 aliphatic carbocycles. The van der Waals surface area contributed by atoms with Crippen molar-refractivity contribution in [1.82, 2.24) is 4.90 Å². The van der Waals surface area contributed by atoms with E-state index < -0.39 is 5.97 Å². The standard InChI is InChI=1S/C20H17FN2O3S/c1-3-23-18(24)17(12-13-4-8-15(21)9-5-13)27-20(23)22-16-10-6-14(7-11-16)19(25)26-2/h4-12H,3H2,1-2H3. The van der Waals surface area contributed by atoms with Crippen molar-refractivity contribution in [3.63, 3.8) is 0 Å². The van der Waals surface area contributed by atoms with Gasteiger partial charge in [0.1, 0.15) is 5.82 Å². The van der Waals surface area contributed by atoms with E-state index in [1.165, 1.54) is 31.0 Å². The smallest absolute Gasteiger partial charge is 0.337 e. The van der Waals surface area contributed by atoms with Crippen LogP contribution >= 0.6 is 11.8 Å². The van der Waals surface area contributed by atoms with Crippen molar-refractivity contribution in [2.45, 2.75) is 6.92 Å². The molecule has 7 heteroatoms. The first-order valence-electron chi connectivity index (χ1n) is 8.26. The molecule has 0 saturated carbocycles. The fraction of sp³-hybridized carbons (Fsp3) is 0.150. The van der Waals surface area contributed by atoms with E-state index in [9.17, 15) is 14.0 Å². The highest BCUT2D eigenvalue weighted by atomic mass is 32.2. The number of hydrogen-bond donors (Lipinski definition) is 0. The fourth-order valence-electron chi connectivity index (χ4n) is 2.48. The van der Waals surface area contributed by atoms with E-state index in [4.69, 9.17) is 0 Å². The van der Waals surface area contributed by atoms with E-state index in [1.807, 2.05) is 6.92 Å². The summed E-state index contributed by atoms with van der Waals surface area (Å²) < 4.78 is 17.7. The Balaban J connectivity index is 1.86. The molecule has 0 bridgehead atoms. The normalized spacial score (nSPS) is 17.0. The molecule has 0 N–H and O–H groups in total. The maximum Gasteiger partial charge on any atom is 0.337 e. The topological polar surface area (TPSA) is 59.0 Å². The molecule has 0 spiro atoms. The second-order valence-corrected chi connectivity index (χ2v) is 6.65. The van der Waals surface area contributed by atoms with Crippen LogP contribution in [0.2, 0.25) is 0 Å². The number of rotatable bonds is 4. The van der Waals surface area contributed by atoms with Crippen LogP contribution in [0.4, 0.5) is 10.1 Å². The Labute approximate surface area is 160 Å². The Morgan fingerprint density at radius 3 is 2.44 bits per heavy atom. The largest absolute Gasteiger partial charge is 0.465 e. The number of amidine groups is 1. The number of esters is 1. The molecule has 27 heavy (non-hydrogen) atoms. The third kappa shape index (κ3) is 4.25. The fourth-order valence-corrected chi connectivity index (χ4v) is 3.54. The van der Waals surface area contributed by atoms with Crippen molar-refractivity contribution < 1.29 is 18.7 Å². The van der Waals surface area contributed by atoms with Crippen LogP contribution in [-0.4, -0.2) is 35.6 Å². The summed E-state index contributed by atoms with van der Waals surface area (Å²) in [6.07, 6.45) is 1.72. The van der Waals surface area contributed by atoms with Gasteiger partial charge < -0.3 is 4.74 Å². The van der Waals surface area contributed by atoms with Crippen molar-refractivity contribution in [3.8, 4) is 0 Å². The monoisotopic (exact) mass is 384 g/mol. The van der Waals surface area contributed by atoms with Gasteiger partial charge in [-0.05, 0) is 66.7 Å². The van der Waals surface area contributed by atoms with Crippen molar-refractivity contribution in [3.05, 3.63) is 70.4 Å². The van der Waals surface area contributed by atoms with E-state index in [1.54, 1.807) is 47.4 Å². The van der Waals surface area contributed by atoms with Gasteiger partial charge in [0.15, 0.2) is 5.17 Å². The van der Waals surface area contributed by atoms with Crippen LogP contribution in [0.3, 0.4) is 0 Å². The number of methoxy groups -OCH3 is 1. The first kappa shape index (κ1) is 18.8. The number of carbonyl (C=O) groups is 2. The highest BCUT2D eigenvalue weighted by molar-refractivity contribution is 8.18. The average molecular weight is 384 g/mol. The van der Waals surface area contributed by atoms with Gasteiger partial charge in [-0.1, -0.05) is 12.1 Å². The van der Waals surface area contributed by atoms with Crippen molar-refractivity contribution >= 4 is 40.6 Å². The molecule has 1 amide bonds. The van der Waals surface area contributed by atoms with Crippen molar-refractivity contribution in [2.24, 2.45) is 4.99 Å². The Bertz CT molecular complexity index is 921. The maximum absolute atomic E-state index is 13.0. The van der Waals surface area contributed by atoms with Crippen LogP contribution in [0.25, 0.3) is 6.08 Å². The molecule has 1 aliphatic heterocycles. The number of hydrogen-bond acceptors (Lipinski definition) is 5. The van der Waals surface area contributed by atoms with Crippen LogP contribution < -0.4 is 0 Å². The Kier molecular flexibility index (Phi) is 5.71. The molecular formula is C20H17FN2O3S. The Morgan fingerprint density at radius 1 is 1.19 bits per heavy atom. The van der Waals surface area contributed by atoms with Gasteiger partial charge in [-0.2, -0.15) is 0 Å². The maximum atomic E-state index is 13.0. The lowest BCUT2D eigenvalue weighted by Gasteiger charge is -2.12. The van der Waals surface area contributed by atoms with Crippen LogP contribution in [0.1, 0.15) is 22.8 Å². The molecule has 0 radical (unpaired) electrons. The lowest BCUT2D eigenvalue weighted by Crippen LogP contribution is -2.28. The number of likely N-dealkylation sites (N-methyl/N-ethyl adjacent to an activating group) is 1. The van der Waals surface area contributed by atoms with Gasteiger partial charge in [-0.3, -0.25) is 9.69 Å². The lowest BCUT2D eigenvalue weighted by atomic mass is 10.2. The minimum Gasteiger partial charge on any atom is -0.465 e. The summed E-state index contributed by atoms with van der Waals surface area (Å²) in [6, 6.07) is 12.6. The lowest BCUT2D eigenvalue weighted by molar-refractivity contribution is -0.122. The van der Waals surface area contributed by atoms with Crippen LogP contribution in [0, 0.1) is 5.82 Å². The van der Waals surface area contributed by atoms with Gasteiger partial charge in [-0.25, -0.2) is 14.2 Å². The van der Waals surface area contributed by atoms with Gasteiger partial charge in [0.05, 0.1) is 23.3 Å². The molecule has 2 aromatic rings. The predicted octanol–water partition coefficient (Wildman–Crippen LogP) is 4.24. The molecule has 1 aliphatic rings. The summed E-state index contributed by atoms with van der Waals surface area (Å²) in [5.41, 5.74) is 1.80. The van der Waals surface area contributed by atoms with Gasteiger partial charge >= 0.3 is 5.97 Å². The number of amides is 1. The van der Waals surface area contributed by atoms with Crippen LogP contribution in [0.5, 0.6) is 0 Å². The van der Waals surface area contributed by atoms with Crippen molar-refractivity contribution in [1.29, 1.82) is 0 Å². The first-order valence-corrected chi connectivity index (χ1v) is 9.07. The summed E-state index contributed by atoms with van der Waals surface area (Å²) in [7, 11) is 1.32. The SMILES string of the molecule is CCN1C(=O)C(=Cc2ccc(F)cc2)SC1=Nc1ccc(C(=O)OC)cc1. The molecule has 3 rings (SSSR count). The minimum absolute atomic E-state index is 0.142. The predicted molar refractivity (Wildman–Crippen MR) is 104 cm³/mol. The molecule has 2 aromatic carbocycles. The highest BCUT2D eigenvalue weighted by Crippen LogP contribution is 2.34. The molecule has 1 fully saturated rings. The molecule has 1 heterocycles. The van der Waals surface area contributed by atoms with E-state index in [0.29, 0.717) is 27.9 Å². The van der Waals surface area contributed by atoms with E-state index >= 15 is 0 Å². The molecule has 0 unspecified atom stereocenters. The van der Waals surface area contributed by atoms with Gasteiger partial charge in [0, 0.05) is 6.54 Å². The average Bonchev–Trinajstić information content (AvgIpc) is 2.97. The highest BCUT2D eigenvalue weighted by Gasteiger charge is 2.32. The first-order chi connectivity index (χ1) is 13.0. The number of benzene rings is 2. The van der Waals surface area contributed by atoms with E-state index in [0.717, 1.165) is 5.56 Å². The van der Waals surface area contributed by atoms with Crippen LogP contribution in [-0.2, 0) is 9.53 Å². The van der Waals surface area contributed by atoms with Gasteiger partial charge in [0.25, 0.3) is 5.91 Å². The summed E-state index contributed by atoms with van der Waals surface area (Å²) in [6.45, 7) is 2.35. The van der Waals surface area contributed by atoms with Crippen molar-refractivity contribution in [2.75, 3.05) is 13.7 Å². The molecule has 0 aromatic heterocycles. The van der Waals surface area contributed by atoms with E-state index in [-0.39, 0.29) is 11.7 Å². The Hall–Kier alpha value is -2.93. The molecule has 0 atom stereocenters. The summed E-state index contributed by atoms with van der Waals surface area (Å²) in [5, 5.41) is 0.557. The number of nitrogens with zero attached hydrogens (tertiary/aromatic N) is 2. The van der Waals surface area contributed by atoms with E-state index in [2.05, 4.69) is 9.73 Å². The number of ether oxygens (including phenoxy) is 1. The zero-order valence-electron chi connectivity index (χ0n) is 14.8. The molecule has 138 valence electrons. The van der Waals surface area contributed by atoms with Gasteiger partial charge in [0.2, 0.25) is 0 Å². The Morgan fingerprint density at radius 2 is 1.85 bits per heavy atom. The molecule has 1 saturated heterocycles. The third-order valence-electron chi connectivity index (χ3n) is 3.89. The number of thioether (sulfide) groups is 1.